The summed E-state index contributed by atoms with van der Waals surface area (Å²) in [7, 11) is 0. The predicted molar refractivity (Wildman–Crippen MR) is 76.9 cm³/mol. The van der Waals surface area contributed by atoms with Crippen LogP contribution in [0.1, 0.15) is 78.6 Å². The van der Waals surface area contributed by atoms with Crippen molar-refractivity contribution < 1.29 is 14.6 Å². The molecule has 3 nitrogen and oxygen atoms in total. The number of carbonyl (C=O) groups is 1. The van der Waals surface area contributed by atoms with Crippen LogP contribution in [0.5, 0.6) is 0 Å². The van der Waals surface area contributed by atoms with Crippen molar-refractivity contribution in [1.29, 1.82) is 0 Å². The number of unbranched alkanes of at least 4 members (excludes halogenated alkanes) is 2. The molecule has 1 fully saturated rings. The lowest BCUT2D eigenvalue weighted by molar-refractivity contribution is -0.171. The van der Waals surface area contributed by atoms with Crippen molar-refractivity contribution in [3.63, 3.8) is 0 Å². The Balaban J connectivity index is 2.54. The Morgan fingerprint density at radius 3 is 2.37 bits per heavy atom. The van der Waals surface area contributed by atoms with Crippen molar-refractivity contribution >= 4 is 5.97 Å². The number of aliphatic hydroxyl groups is 1. The Morgan fingerprint density at radius 2 is 1.84 bits per heavy atom. The molecule has 3 heteroatoms. The molecule has 1 aliphatic rings. The number of hydrogen-bond acceptors (Lipinski definition) is 3. The molecule has 0 unspecified atom stereocenters. The number of hydrogen-bond donors (Lipinski definition) is 1. The Kier molecular flexibility index (Phi) is 6.31. The number of ether oxygens (including phenoxy) is 1. The van der Waals surface area contributed by atoms with Gasteiger partial charge in [-0.15, -0.1) is 0 Å². The molecule has 1 rings (SSSR count). The highest BCUT2D eigenvalue weighted by Gasteiger charge is 2.40. The van der Waals surface area contributed by atoms with Crippen LogP contribution in [0, 0.1) is 5.41 Å². The molecule has 1 aliphatic carbocycles. The van der Waals surface area contributed by atoms with Crippen molar-refractivity contribution in [2.75, 3.05) is 6.61 Å². The van der Waals surface area contributed by atoms with Gasteiger partial charge in [-0.25, -0.2) is 0 Å². The molecule has 0 aromatic rings. The zero-order valence-electron chi connectivity index (χ0n) is 12.8. The third kappa shape index (κ3) is 4.79. The van der Waals surface area contributed by atoms with Gasteiger partial charge in [0.05, 0.1) is 5.41 Å². The summed E-state index contributed by atoms with van der Waals surface area (Å²) < 4.78 is 5.93. The molecule has 19 heavy (non-hydrogen) atoms. The second-order valence-corrected chi connectivity index (χ2v) is 6.55. The summed E-state index contributed by atoms with van der Waals surface area (Å²) in [5, 5.41) is 8.82. The van der Waals surface area contributed by atoms with E-state index in [0.29, 0.717) is 0 Å². The van der Waals surface area contributed by atoms with E-state index in [1.807, 2.05) is 20.8 Å². The molecule has 0 aromatic carbocycles. The van der Waals surface area contributed by atoms with Crippen molar-refractivity contribution in [1.82, 2.24) is 0 Å². The summed E-state index contributed by atoms with van der Waals surface area (Å²) in [6.45, 7) is 6.22. The quantitative estimate of drug-likeness (QED) is 0.538. The molecule has 0 aromatic heterocycles. The van der Waals surface area contributed by atoms with E-state index < -0.39 is 0 Å². The van der Waals surface area contributed by atoms with Crippen LogP contribution in [0.25, 0.3) is 0 Å². The van der Waals surface area contributed by atoms with E-state index in [-0.39, 0.29) is 23.6 Å². The Hall–Kier alpha value is -0.570. The standard InChI is InChI=1S/C16H30O3/c1-4-15(2,3)14(18)19-16(11-7-8-12-16)10-6-5-9-13-17/h17H,4-13H2,1-3H3. The molecule has 0 saturated heterocycles. The van der Waals surface area contributed by atoms with Crippen LogP contribution in [-0.4, -0.2) is 23.3 Å². The van der Waals surface area contributed by atoms with Crippen molar-refractivity contribution in [2.45, 2.75) is 84.2 Å². The molecular weight excluding hydrogens is 240 g/mol. The first-order valence-electron chi connectivity index (χ1n) is 7.80. The van der Waals surface area contributed by atoms with Crippen LogP contribution in [0.3, 0.4) is 0 Å². The molecule has 1 N–H and O–H groups in total. The van der Waals surface area contributed by atoms with Crippen LogP contribution in [0.15, 0.2) is 0 Å². The Morgan fingerprint density at radius 1 is 1.21 bits per heavy atom. The van der Waals surface area contributed by atoms with Gasteiger partial charge in [0.2, 0.25) is 0 Å². The smallest absolute Gasteiger partial charge is 0.312 e. The average molecular weight is 270 g/mol. The highest BCUT2D eigenvalue weighted by Crippen LogP contribution is 2.39. The lowest BCUT2D eigenvalue weighted by Crippen LogP contribution is -2.37. The van der Waals surface area contributed by atoms with Gasteiger partial charge >= 0.3 is 5.97 Å². The summed E-state index contributed by atoms with van der Waals surface area (Å²) in [6.07, 6.45) is 9.04. The predicted octanol–water partition coefficient (Wildman–Crippen LogP) is 3.83. The summed E-state index contributed by atoms with van der Waals surface area (Å²) >= 11 is 0. The fourth-order valence-electron chi connectivity index (χ4n) is 2.64. The molecule has 0 spiro atoms. The maximum atomic E-state index is 12.3. The molecule has 1 saturated carbocycles. The van der Waals surface area contributed by atoms with Crippen LogP contribution < -0.4 is 0 Å². The third-order valence-electron chi connectivity index (χ3n) is 4.55. The second-order valence-electron chi connectivity index (χ2n) is 6.55. The molecule has 112 valence electrons. The minimum atomic E-state index is -0.374. The molecule has 0 amide bonds. The normalized spacial score (nSPS) is 18.5. The van der Waals surface area contributed by atoms with Crippen molar-refractivity contribution in [2.24, 2.45) is 5.41 Å². The molecule has 0 aliphatic heterocycles. The lowest BCUT2D eigenvalue weighted by Gasteiger charge is -2.33. The second kappa shape index (κ2) is 7.28. The van der Waals surface area contributed by atoms with E-state index in [9.17, 15) is 4.79 Å². The van der Waals surface area contributed by atoms with Gasteiger partial charge in [-0.3, -0.25) is 4.79 Å². The van der Waals surface area contributed by atoms with Crippen molar-refractivity contribution in [3.8, 4) is 0 Å². The Bertz CT molecular complexity index is 278. The summed E-state index contributed by atoms with van der Waals surface area (Å²) in [4.78, 5) is 12.3. The number of carbonyl (C=O) groups excluding carboxylic acids is 1. The zero-order valence-corrected chi connectivity index (χ0v) is 12.8. The van der Waals surface area contributed by atoms with Crippen molar-refractivity contribution in [3.05, 3.63) is 0 Å². The molecule has 0 atom stereocenters. The van der Waals surface area contributed by atoms with E-state index in [2.05, 4.69) is 0 Å². The summed E-state index contributed by atoms with van der Waals surface area (Å²) in [5.41, 5.74) is -0.584. The van der Waals surface area contributed by atoms with E-state index in [0.717, 1.165) is 44.9 Å². The van der Waals surface area contributed by atoms with Gasteiger partial charge < -0.3 is 9.84 Å². The van der Waals surface area contributed by atoms with Gasteiger partial charge in [0.15, 0.2) is 0 Å². The maximum Gasteiger partial charge on any atom is 0.312 e. The number of aliphatic hydroxyl groups excluding tert-OH is 1. The SMILES string of the molecule is CCC(C)(C)C(=O)OC1(CCCCCO)CCCC1. The van der Waals surface area contributed by atoms with E-state index >= 15 is 0 Å². The van der Waals surface area contributed by atoms with E-state index in [1.54, 1.807) is 0 Å². The van der Waals surface area contributed by atoms with Crippen LogP contribution in [-0.2, 0) is 9.53 Å². The zero-order chi connectivity index (χ0) is 14.4. The monoisotopic (exact) mass is 270 g/mol. The average Bonchev–Trinajstić information content (AvgIpc) is 2.83. The summed E-state index contributed by atoms with van der Waals surface area (Å²) in [6, 6.07) is 0. The van der Waals surface area contributed by atoms with E-state index in [1.165, 1.54) is 12.8 Å². The first kappa shape index (κ1) is 16.5. The Labute approximate surface area is 117 Å². The number of esters is 1. The van der Waals surface area contributed by atoms with Crippen LogP contribution >= 0.6 is 0 Å². The fourth-order valence-corrected chi connectivity index (χ4v) is 2.64. The van der Waals surface area contributed by atoms with Gasteiger partial charge in [-0.2, -0.15) is 0 Å². The van der Waals surface area contributed by atoms with Gasteiger partial charge in [0.25, 0.3) is 0 Å². The first-order valence-corrected chi connectivity index (χ1v) is 7.80. The maximum absolute atomic E-state index is 12.3. The molecule has 0 radical (unpaired) electrons. The van der Waals surface area contributed by atoms with Gasteiger partial charge in [-0.1, -0.05) is 13.3 Å². The van der Waals surface area contributed by atoms with Crippen LogP contribution in [0.4, 0.5) is 0 Å². The topological polar surface area (TPSA) is 46.5 Å². The minimum absolute atomic E-state index is 0.0425. The highest BCUT2D eigenvalue weighted by atomic mass is 16.6. The van der Waals surface area contributed by atoms with Crippen LogP contribution in [0.2, 0.25) is 0 Å². The molecule has 0 bridgehead atoms. The largest absolute Gasteiger partial charge is 0.459 e. The van der Waals surface area contributed by atoms with E-state index in [4.69, 9.17) is 9.84 Å². The highest BCUT2D eigenvalue weighted by molar-refractivity contribution is 5.76. The minimum Gasteiger partial charge on any atom is -0.459 e. The lowest BCUT2D eigenvalue weighted by atomic mass is 9.89. The summed E-state index contributed by atoms with van der Waals surface area (Å²) in [5.74, 6) is -0.0425. The number of rotatable bonds is 8. The molecule has 0 heterocycles. The third-order valence-corrected chi connectivity index (χ3v) is 4.55. The fraction of sp³-hybridized carbons (Fsp3) is 0.938. The van der Waals surface area contributed by atoms with Gasteiger partial charge in [-0.05, 0) is 65.2 Å². The molecular formula is C16H30O3. The van der Waals surface area contributed by atoms with Gasteiger partial charge in [0.1, 0.15) is 5.60 Å². The first-order chi connectivity index (χ1) is 8.96. The van der Waals surface area contributed by atoms with Gasteiger partial charge in [0, 0.05) is 6.61 Å².